The van der Waals surface area contributed by atoms with Crippen molar-refractivity contribution in [3.05, 3.63) is 0 Å². The van der Waals surface area contributed by atoms with E-state index in [0.717, 1.165) is 25.8 Å². The molecule has 1 aliphatic heterocycles. The topological polar surface area (TPSA) is 46.3 Å². The van der Waals surface area contributed by atoms with E-state index in [-0.39, 0.29) is 12.0 Å². The predicted molar refractivity (Wildman–Crippen MR) is 78.7 cm³/mol. The molecule has 2 N–H and O–H groups in total. The number of nitrogens with zero attached hydrogens (tertiary/aromatic N) is 1. The zero-order valence-electron chi connectivity index (χ0n) is 12.8. The van der Waals surface area contributed by atoms with Gasteiger partial charge in [0.05, 0.1) is 0 Å². The minimum absolute atomic E-state index is 0.165. The van der Waals surface area contributed by atoms with Crippen LogP contribution in [0.2, 0.25) is 0 Å². The molecule has 1 saturated carbocycles. The summed E-state index contributed by atoms with van der Waals surface area (Å²) in [5.41, 5.74) is 6.19. The van der Waals surface area contributed by atoms with E-state index in [1.54, 1.807) is 0 Å². The van der Waals surface area contributed by atoms with Crippen molar-refractivity contribution in [2.75, 3.05) is 6.54 Å². The normalized spacial score (nSPS) is 40.2. The number of rotatable bonds is 2. The summed E-state index contributed by atoms with van der Waals surface area (Å²) in [5.74, 6) is 1.60. The maximum absolute atomic E-state index is 12.9. The third kappa shape index (κ3) is 3.13. The van der Waals surface area contributed by atoms with Gasteiger partial charge in [-0.1, -0.05) is 20.8 Å². The number of hydrogen-bond donors (Lipinski definition) is 1. The van der Waals surface area contributed by atoms with Crippen LogP contribution in [0.1, 0.15) is 59.3 Å². The number of carbonyl (C=O) groups excluding carboxylic acids is 1. The summed E-state index contributed by atoms with van der Waals surface area (Å²) < 4.78 is 0. The molecule has 3 nitrogen and oxygen atoms in total. The number of hydrogen-bond acceptors (Lipinski definition) is 2. The fourth-order valence-corrected chi connectivity index (χ4v) is 3.96. The van der Waals surface area contributed by atoms with Crippen LogP contribution in [0.15, 0.2) is 0 Å². The van der Waals surface area contributed by atoms with Crippen LogP contribution in [0, 0.1) is 17.8 Å². The van der Waals surface area contributed by atoms with Crippen LogP contribution in [-0.2, 0) is 4.79 Å². The molecule has 5 atom stereocenters. The second kappa shape index (κ2) is 6.25. The van der Waals surface area contributed by atoms with Gasteiger partial charge in [-0.3, -0.25) is 4.79 Å². The number of amides is 1. The molecular formula is C16H30N2O. The minimum Gasteiger partial charge on any atom is -0.339 e. The van der Waals surface area contributed by atoms with Gasteiger partial charge < -0.3 is 10.6 Å². The second-order valence-corrected chi connectivity index (χ2v) is 6.79. The molecule has 0 aromatic heterocycles. The zero-order valence-corrected chi connectivity index (χ0v) is 12.8. The number of piperidine rings is 1. The van der Waals surface area contributed by atoms with E-state index < -0.39 is 0 Å². The number of carbonyl (C=O) groups is 1. The van der Waals surface area contributed by atoms with Gasteiger partial charge in [-0.15, -0.1) is 0 Å². The summed E-state index contributed by atoms with van der Waals surface area (Å²) in [6.45, 7) is 7.62. The van der Waals surface area contributed by atoms with E-state index in [1.165, 1.54) is 19.3 Å². The summed E-state index contributed by atoms with van der Waals surface area (Å²) in [6.07, 6.45) is 6.71. The maximum Gasteiger partial charge on any atom is 0.226 e. The van der Waals surface area contributed by atoms with Crippen LogP contribution in [-0.4, -0.2) is 29.4 Å². The van der Waals surface area contributed by atoms with Crippen molar-refractivity contribution in [2.24, 2.45) is 23.5 Å². The molecule has 0 aromatic rings. The van der Waals surface area contributed by atoms with Gasteiger partial charge in [0.1, 0.15) is 0 Å². The Morgan fingerprint density at radius 2 is 1.95 bits per heavy atom. The Balaban J connectivity index is 2.05. The number of nitrogens with two attached hydrogens (primary N) is 1. The van der Waals surface area contributed by atoms with Crippen LogP contribution in [0.3, 0.4) is 0 Å². The van der Waals surface area contributed by atoms with Crippen molar-refractivity contribution in [3.8, 4) is 0 Å². The van der Waals surface area contributed by atoms with E-state index in [4.69, 9.17) is 5.73 Å². The highest BCUT2D eigenvalue weighted by atomic mass is 16.2. The number of likely N-dealkylation sites (tertiary alicyclic amines) is 1. The molecule has 5 unspecified atom stereocenters. The molecule has 0 spiro atoms. The Bertz CT molecular complexity index is 318. The first-order chi connectivity index (χ1) is 9.04. The largest absolute Gasteiger partial charge is 0.339 e. The van der Waals surface area contributed by atoms with E-state index in [0.29, 0.717) is 23.8 Å². The average molecular weight is 266 g/mol. The molecule has 2 rings (SSSR count). The van der Waals surface area contributed by atoms with Crippen LogP contribution >= 0.6 is 0 Å². The van der Waals surface area contributed by atoms with Crippen molar-refractivity contribution in [1.29, 1.82) is 0 Å². The third-order valence-electron chi connectivity index (χ3n) is 5.39. The van der Waals surface area contributed by atoms with E-state index in [1.807, 2.05) is 0 Å². The summed E-state index contributed by atoms with van der Waals surface area (Å²) in [7, 11) is 0. The first-order valence-electron chi connectivity index (χ1n) is 8.10. The van der Waals surface area contributed by atoms with Crippen LogP contribution in [0.25, 0.3) is 0 Å². The first-order valence-corrected chi connectivity index (χ1v) is 8.10. The molecule has 19 heavy (non-hydrogen) atoms. The molecule has 0 radical (unpaired) electrons. The van der Waals surface area contributed by atoms with Gasteiger partial charge in [0.25, 0.3) is 0 Å². The lowest BCUT2D eigenvalue weighted by molar-refractivity contribution is -0.142. The van der Waals surface area contributed by atoms with Gasteiger partial charge in [0.15, 0.2) is 0 Å². The average Bonchev–Trinajstić information content (AvgIpc) is 2.42. The van der Waals surface area contributed by atoms with Gasteiger partial charge in [-0.25, -0.2) is 0 Å². The summed E-state index contributed by atoms with van der Waals surface area (Å²) in [4.78, 5) is 15.0. The predicted octanol–water partition coefficient (Wildman–Crippen LogP) is 2.79. The molecule has 2 fully saturated rings. The van der Waals surface area contributed by atoms with Crippen molar-refractivity contribution in [1.82, 2.24) is 4.90 Å². The summed E-state index contributed by atoms with van der Waals surface area (Å²) in [5, 5.41) is 0. The molecule has 110 valence electrons. The van der Waals surface area contributed by atoms with Crippen LogP contribution in [0.5, 0.6) is 0 Å². The molecule has 3 heteroatoms. The Hall–Kier alpha value is -0.570. The summed E-state index contributed by atoms with van der Waals surface area (Å²) in [6, 6.07) is 0.680. The van der Waals surface area contributed by atoms with E-state index >= 15 is 0 Å². The Morgan fingerprint density at radius 3 is 2.63 bits per heavy atom. The molecule has 1 saturated heterocycles. The molecular weight excluding hydrogens is 236 g/mol. The van der Waals surface area contributed by atoms with Crippen LogP contribution < -0.4 is 5.73 Å². The Morgan fingerprint density at radius 1 is 1.21 bits per heavy atom. The highest BCUT2D eigenvalue weighted by molar-refractivity contribution is 5.79. The van der Waals surface area contributed by atoms with Gasteiger partial charge >= 0.3 is 0 Å². The standard InChI is InChI=1S/C16H30N2O/c1-4-13-7-5-6-8-18(13)16(19)14-10-15(17)12(3)9-11(14)2/h11-15H,4-10,17H2,1-3H3. The first kappa shape index (κ1) is 14.8. The van der Waals surface area contributed by atoms with Gasteiger partial charge in [-0.05, 0) is 50.4 Å². The molecule has 1 heterocycles. The molecule has 1 aliphatic carbocycles. The summed E-state index contributed by atoms with van der Waals surface area (Å²) >= 11 is 0. The lowest BCUT2D eigenvalue weighted by Gasteiger charge is -2.42. The highest BCUT2D eigenvalue weighted by Crippen LogP contribution is 2.35. The lowest BCUT2D eigenvalue weighted by atomic mass is 9.72. The second-order valence-electron chi connectivity index (χ2n) is 6.79. The smallest absolute Gasteiger partial charge is 0.226 e. The van der Waals surface area contributed by atoms with E-state index in [2.05, 4.69) is 25.7 Å². The minimum atomic E-state index is 0.165. The van der Waals surface area contributed by atoms with E-state index in [9.17, 15) is 4.79 Å². The molecule has 0 aromatic carbocycles. The quantitative estimate of drug-likeness (QED) is 0.835. The third-order valence-corrected chi connectivity index (χ3v) is 5.39. The van der Waals surface area contributed by atoms with Crippen molar-refractivity contribution in [2.45, 2.75) is 71.4 Å². The zero-order chi connectivity index (χ0) is 14.0. The fourth-order valence-electron chi connectivity index (χ4n) is 3.96. The van der Waals surface area contributed by atoms with Crippen molar-refractivity contribution < 1.29 is 4.79 Å². The van der Waals surface area contributed by atoms with Crippen molar-refractivity contribution in [3.63, 3.8) is 0 Å². The Labute approximate surface area is 117 Å². The Kier molecular flexibility index (Phi) is 4.88. The SMILES string of the molecule is CCC1CCCCN1C(=O)C1CC(N)C(C)CC1C. The fraction of sp³-hybridized carbons (Fsp3) is 0.938. The lowest BCUT2D eigenvalue weighted by Crippen LogP contribution is -2.51. The molecule has 2 aliphatic rings. The monoisotopic (exact) mass is 266 g/mol. The maximum atomic E-state index is 12.9. The van der Waals surface area contributed by atoms with Gasteiger partial charge in [-0.2, -0.15) is 0 Å². The van der Waals surface area contributed by atoms with Crippen LogP contribution in [0.4, 0.5) is 0 Å². The van der Waals surface area contributed by atoms with Gasteiger partial charge in [0, 0.05) is 24.5 Å². The molecule has 1 amide bonds. The molecule has 0 bridgehead atoms. The van der Waals surface area contributed by atoms with Gasteiger partial charge in [0.2, 0.25) is 5.91 Å². The van der Waals surface area contributed by atoms with Crippen molar-refractivity contribution >= 4 is 5.91 Å². The highest BCUT2D eigenvalue weighted by Gasteiger charge is 2.38.